The van der Waals surface area contributed by atoms with E-state index in [-0.39, 0.29) is 0 Å². The summed E-state index contributed by atoms with van der Waals surface area (Å²) in [4.78, 5) is 3.37. The summed E-state index contributed by atoms with van der Waals surface area (Å²) < 4.78 is 3.15. The largest absolute Gasteiger partial charge is 0.150 e. The molecule has 0 fully saturated rings. The SMILES string of the molecule is CCCCCCCCc1sc(CCCCCCCC)c2c1sc1cscc12. The van der Waals surface area contributed by atoms with Crippen LogP contribution in [0.5, 0.6) is 0 Å². The van der Waals surface area contributed by atoms with Crippen molar-refractivity contribution in [2.75, 3.05) is 0 Å². The van der Waals surface area contributed by atoms with Crippen LogP contribution in [0.3, 0.4) is 0 Å². The van der Waals surface area contributed by atoms with E-state index in [4.69, 9.17) is 0 Å². The predicted molar refractivity (Wildman–Crippen MR) is 129 cm³/mol. The molecular formula is C24H36S3. The Bertz CT molecular complexity index is 789. The van der Waals surface area contributed by atoms with Gasteiger partial charge in [-0.25, -0.2) is 0 Å². The molecule has 0 saturated carbocycles. The van der Waals surface area contributed by atoms with E-state index in [1.807, 2.05) is 11.3 Å². The van der Waals surface area contributed by atoms with Crippen LogP contribution in [0.1, 0.15) is 101 Å². The van der Waals surface area contributed by atoms with Gasteiger partial charge < -0.3 is 0 Å². The highest BCUT2D eigenvalue weighted by atomic mass is 32.1. The summed E-state index contributed by atoms with van der Waals surface area (Å²) in [5.41, 5.74) is 0. The molecule has 0 N–H and O–H groups in total. The van der Waals surface area contributed by atoms with Gasteiger partial charge in [0.05, 0.1) is 0 Å². The molecule has 0 unspecified atom stereocenters. The van der Waals surface area contributed by atoms with Crippen molar-refractivity contribution < 1.29 is 0 Å². The van der Waals surface area contributed by atoms with Crippen LogP contribution in [-0.4, -0.2) is 0 Å². The van der Waals surface area contributed by atoms with Crippen LogP contribution in [0.15, 0.2) is 10.8 Å². The molecule has 0 aliphatic rings. The summed E-state index contributed by atoms with van der Waals surface area (Å²) >= 11 is 6.08. The predicted octanol–water partition coefficient (Wildman–Crippen LogP) is 9.98. The second-order valence-corrected chi connectivity index (χ2v) is 10.9. The second kappa shape index (κ2) is 11.6. The van der Waals surface area contributed by atoms with E-state index < -0.39 is 0 Å². The van der Waals surface area contributed by atoms with Crippen LogP contribution in [0.25, 0.3) is 20.2 Å². The smallest absolute Gasteiger partial charge is 0.0498 e. The number of fused-ring (bicyclic) bond motifs is 3. The molecule has 0 aliphatic heterocycles. The highest BCUT2D eigenvalue weighted by Gasteiger charge is 2.17. The maximum atomic E-state index is 2.39. The van der Waals surface area contributed by atoms with Gasteiger partial charge in [-0.2, -0.15) is 11.3 Å². The van der Waals surface area contributed by atoms with Gasteiger partial charge in [0.2, 0.25) is 0 Å². The summed E-state index contributed by atoms with van der Waals surface area (Å²) in [6.45, 7) is 4.60. The van der Waals surface area contributed by atoms with Crippen molar-refractivity contribution in [2.24, 2.45) is 0 Å². The molecule has 0 aromatic carbocycles. The van der Waals surface area contributed by atoms with Gasteiger partial charge >= 0.3 is 0 Å². The van der Waals surface area contributed by atoms with Crippen LogP contribution in [0, 0.1) is 0 Å². The van der Waals surface area contributed by atoms with E-state index in [2.05, 4.69) is 47.3 Å². The van der Waals surface area contributed by atoms with Crippen LogP contribution < -0.4 is 0 Å². The fourth-order valence-electron chi connectivity index (χ4n) is 4.02. The van der Waals surface area contributed by atoms with Crippen LogP contribution in [-0.2, 0) is 12.8 Å². The highest BCUT2D eigenvalue weighted by molar-refractivity contribution is 7.31. The van der Waals surface area contributed by atoms with Crippen LogP contribution in [0.2, 0.25) is 0 Å². The first kappa shape index (κ1) is 21.3. The lowest BCUT2D eigenvalue weighted by Crippen LogP contribution is -1.84. The van der Waals surface area contributed by atoms with Gasteiger partial charge in [0, 0.05) is 40.7 Å². The van der Waals surface area contributed by atoms with Crippen molar-refractivity contribution in [3.05, 3.63) is 20.5 Å². The molecule has 0 aliphatic carbocycles. The molecule has 3 heterocycles. The van der Waals surface area contributed by atoms with Crippen molar-refractivity contribution in [2.45, 2.75) is 104 Å². The molecule has 0 nitrogen and oxygen atoms in total. The average molecular weight is 421 g/mol. The fraction of sp³-hybridized carbons (Fsp3) is 0.667. The Morgan fingerprint density at radius 1 is 0.630 bits per heavy atom. The van der Waals surface area contributed by atoms with Crippen molar-refractivity contribution >= 4 is 54.2 Å². The zero-order valence-electron chi connectivity index (χ0n) is 17.3. The molecule has 0 bridgehead atoms. The average Bonchev–Trinajstić information content (AvgIpc) is 3.33. The molecule has 27 heavy (non-hydrogen) atoms. The highest BCUT2D eigenvalue weighted by Crippen LogP contribution is 2.45. The summed E-state index contributed by atoms with van der Waals surface area (Å²) in [6.07, 6.45) is 19.4. The van der Waals surface area contributed by atoms with E-state index in [0.717, 1.165) is 0 Å². The quantitative estimate of drug-likeness (QED) is 0.227. The number of thiophene rings is 3. The molecule has 0 atom stereocenters. The summed E-state index contributed by atoms with van der Waals surface area (Å²) in [5, 5.41) is 7.93. The zero-order chi connectivity index (χ0) is 18.9. The lowest BCUT2D eigenvalue weighted by molar-refractivity contribution is 0.609. The Kier molecular flexibility index (Phi) is 9.15. The maximum absolute atomic E-state index is 2.39. The number of rotatable bonds is 14. The first-order chi connectivity index (χ1) is 13.3. The molecule has 3 heteroatoms. The van der Waals surface area contributed by atoms with Gasteiger partial charge in [0.15, 0.2) is 0 Å². The Morgan fingerprint density at radius 2 is 1.22 bits per heavy atom. The van der Waals surface area contributed by atoms with Crippen molar-refractivity contribution in [3.8, 4) is 0 Å². The minimum absolute atomic E-state index is 1.30. The minimum atomic E-state index is 1.30. The van der Waals surface area contributed by atoms with Gasteiger partial charge in [-0.1, -0.05) is 78.1 Å². The third-order valence-electron chi connectivity index (χ3n) is 5.63. The molecule has 3 rings (SSSR count). The third kappa shape index (κ3) is 5.81. The number of hydrogen-bond donors (Lipinski definition) is 0. The topological polar surface area (TPSA) is 0 Å². The van der Waals surface area contributed by atoms with Crippen molar-refractivity contribution in [1.29, 1.82) is 0 Å². The minimum Gasteiger partial charge on any atom is -0.150 e. The monoisotopic (exact) mass is 420 g/mol. The van der Waals surface area contributed by atoms with E-state index >= 15 is 0 Å². The van der Waals surface area contributed by atoms with E-state index in [1.165, 1.54) is 94.6 Å². The van der Waals surface area contributed by atoms with Crippen molar-refractivity contribution in [3.63, 3.8) is 0 Å². The van der Waals surface area contributed by atoms with E-state index in [0.29, 0.717) is 0 Å². The lowest BCUT2D eigenvalue weighted by Gasteiger charge is -2.01. The lowest BCUT2D eigenvalue weighted by atomic mass is 10.1. The molecule has 0 radical (unpaired) electrons. The van der Waals surface area contributed by atoms with E-state index in [9.17, 15) is 0 Å². The standard InChI is InChI=1S/C24H36S3/c1-3-5-7-9-11-13-15-20-23-19-17-25-18-22(19)27-24(23)21(26-20)16-14-12-10-8-6-4-2/h17-18H,3-16H2,1-2H3. The molecular weight excluding hydrogens is 384 g/mol. The Morgan fingerprint density at radius 3 is 1.89 bits per heavy atom. The summed E-state index contributed by atoms with van der Waals surface area (Å²) in [6, 6.07) is 0. The van der Waals surface area contributed by atoms with Gasteiger partial charge in [-0.15, -0.1) is 22.7 Å². The Hall–Kier alpha value is -0.380. The fourth-order valence-corrected chi connectivity index (χ4v) is 7.81. The molecule has 3 aromatic rings. The van der Waals surface area contributed by atoms with Gasteiger partial charge in [0.25, 0.3) is 0 Å². The maximum Gasteiger partial charge on any atom is 0.0498 e. The first-order valence-corrected chi connectivity index (χ1v) is 13.8. The Labute approximate surface area is 178 Å². The summed E-state index contributed by atoms with van der Waals surface area (Å²) in [5.74, 6) is 0. The molecule has 0 spiro atoms. The first-order valence-electron chi connectivity index (χ1n) is 11.2. The normalized spacial score (nSPS) is 11.9. The molecule has 150 valence electrons. The zero-order valence-corrected chi connectivity index (χ0v) is 19.7. The van der Waals surface area contributed by atoms with Gasteiger partial charge in [-0.3, -0.25) is 0 Å². The number of hydrogen-bond acceptors (Lipinski definition) is 3. The number of aryl methyl sites for hydroxylation is 2. The van der Waals surface area contributed by atoms with Gasteiger partial charge in [-0.05, 0) is 25.7 Å². The molecule has 3 aromatic heterocycles. The van der Waals surface area contributed by atoms with Crippen molar-refractivity contribution in [1.82, 2.24) is 0 Å². The van der Waals surface area contributed by atoms with Crippen LogP contribution in [0.4, 0.5) is 0 Å². The van der Waals surface area contributed by atoms with Gasteiger partial charge in [0.1, 0.15) is 0 Å². The third-order valence-corrected chi connectivity index (χ3v) is 9.17. The molecule has 0 saturated heterocycles. The number of unbranched alkanes of at least 4 members (excludes halogenated alkanes) is 10. The summed E-state index contributed by atoms with van der Waals surface area (Å²) in [7, 11) is 0. The van der Waals surface area contributed by atoms with Crippen LogP contribution >= 0.6 is 34.0 Å². The van der Waals surface area contributed by atoms with E-state index in [1.54, 1.807) is 25.2 Å². The second-order valence-electron chi connectivity index (χ2n) is 7.94. The molecule has 0 amide bonds. The Balaban J connectivity index is 1.62.